The van der Waals surface area contributed by atoms with Crippen LogP contribution in [-0.4, -0.2) is 31.1 Å². The molecular weight excluding hydrogens is 508 g/mol. The lowest BCUT2D eigenvalue weighted by Crippen LogP contribution is -2.33. The van der Waals surface area contributed by atoms with E-state index in [2.05, 4.69) is 10.6 Å². The minimum absolute atomic E-state index is 0.0762. The van der Waals surface area contributed by atoms with Gasteiger partial charge in [0, 0.05) is 32.7 Å². The molecule has 0 fully saturated rings. The van der Waals surface area contributed by atoms with Gasteiger partial charge in [-0.15, -0.1) is 0 Å². The smallest absolute Gasteiger partial charge is 0.200 e. The number of anilines is 2. The Hall–Kier alpha value is -3.48. The Balaban J connectivity index is 1.71. The molecule has 194 valence electrons. The van der Waals surface area contributed by atoms with Crippen LogP contribution in [0.3, 0.4) is 0 Å². The van der Waals surface area contributed by atoms with Crippen LogP contribution in [0.15, 0.2) is 30.3 Å². The van der Waals surface area contributed by atoms with E-state index in [0.717, 1.165) is 5.56 Å². The fourth-order valence-corrected chi connectivity index (χ4v) is 3.31. The molecule has 0 aliphatic carbocycles. The van der Waals surface area contributed by atoms with Crippen molar-refractivity contribution in [2.24, 2.45) is 0 Å². The lowest BCUT2D eigenvalue weighted by Gasteiger charge is -2.24. The molecule has 0 radical (unpaired) electrons. The van der Waals surface area contributed by atoms with Gasteiger partial charge in [-0.25, -0.2) is 43.9 Å². The van der Waals surface area contributed by atoms with Crippen molar-refractivity contribution in [2.45, 2.75) is 6.54 Å². The van der Waals surface area contributed by atoms with E-state index in [1.54, 1.807) is 35.2 Å². The molecule has 13 heteroatoms. The monoisotopic (exact) mass is 525 g/mol. The number of hydrogen-bond donors (Lipinski definition) is 2. The highest BCUT2D eigenvalue weighted by molar-refractivity contribution is 5.48. The molecule has 3 aromatic rings. The molecule has 3 rings (SSSR count). The van der Waals surface area contributed by atoms with Crippen molar-refractivity contribution >= 4 is 11.4 Å². The van der Waals surface area contributed by atoms with Crippen LogP contribution >= 0.6 is 0 Å². The van der Waals surface area contributed by atoms with Crippen molar-refractivity contribution in [3.8, 4) is 0 Å². The van der Waals surface area contributed by atoms with Crippen LogP contribution in [-0.2, 0) is 6.54 Å². The first-order valence-corrected chi connectivity index (χ1v) is 10.3. The third kappa shape index (κ3) is 5.66. The molecule has 0 aliphatic heterocycles. The minimum atomic E-state index is -2.31. The van der Waals surface area contributed by atoms with Gasteiger partial charge in [-0.05, 0) is 5.56 Å². The summed E-state index contributed by atoms with van der Waals surface area (Å²) in [5.41, 5.74) is -1.74. The van der Waals surface area contributed by atoms with Crippen LogP contribution in [0.1, 0.15) is 5.56 Å². The highest BCUT2D eigenvalue weighted by Gasteiger charge is 2.27. The molecule has 0 saturated carbocycles. The third-order valence-electron chi connectivity index (χ3n) is 5.13. The van der Waals surface area contributed by atoms with Crippen molar-refractivity contribution in [2.75, 3.05) is 36.8 Å². The Morgan fingerprint density at radius 2 is 0.806 bits per heavy atom. The molecule has 0 aromatic heterocycles. The van der Waals surface area contributed by atoms with E-state index in [1.165, 1.54) is 0 Å². The fourth-order valence-electron chi connectivity index (χ4n) is 3.31. The molecule has 0 heterocycles. The molecule has 0 bridgehead atoms. The van der Waals surface area contributed by atoms with Gasteiger partial charge in [-0.3, -0.25) is 4.90 Å². The van der Waals surface area contributed by atoms with Gasteiger partial charge in [0.1, 0.15) is 11.4 Å². The topological polar surface area (TPSA) is 27.3 Å². The predicted octanol–water partition coefficient (Wildman–Crippen LogP) is 6.10. The van der Waals surface area contributed by atoms with Crippen molar-refractivity contribution in [1.82, 2.24) is 4.90 Å². The van der Waals surface area contributed by atoms with E-state index in [0.29, 0.717) is 0 Å². The first-order valence-electron chi connectivity index (χ1n) is 10.3. The van der Waals surface area contributed by atoms with Gasteiger partial charge < -0.3 is 10.6 Å². The molecule has 0 amide bonds. The first-order chi connectivity index (χ1) is 17.0. The van der Waals surface area contributed by atoms with E-state index in [4.69, 9.17) is 0 Å². The molecule has 0 aliphatic rings. The van der Waals surface area contributed by atoms with Crippen LogP contribution in [0.2, 0.25) is 0 Å². The summed E-state index contributed by atoms with van der Waals surface area (Å²) in [7, 11) is 0. The van der Waals surface area contributed by atoms with Crippen molar-refractivity contribution in [1.29, 1.82) is 0 Å². The zero-order chi connectivity index (χ0) is 26.6. The molecule has 0 spiro atoms. The zero-order valence-electron chi connectivity index (χ0n) is 18.1. The van der Waals surface area contributed by atoms with Gasteiger partial charge in [0.15, 0.2) is 46.5 Å². The number of rotatable bonds is 10. The summed E-state index contributed by atoms with van der Waals surface area (Å²) in [6.45, 7) is -0.639. The van der Waals surface area contributed by atoms with Crippen molar-refractivity contribution < 1.29 is 43.9 Å². The number of nitrogens with zero attached hydrogens (tertiary/aromatic N) is 1. The standard InChI is InChI=1S/C23H17F10N3/c24-12-14(26)18(30)22(19(31)15(12)27)34-6-8-36(10-11-4-2-1-3-5-11)9-7-35-23-20(32)16(28)13(25)17(29)21(23)33/h1-5,34-35H,6-10H2. The molecule has 36 heavy (non-hydrogen) atoms. The highest BCUT2D eigenvalue weighted by Crippen LogP contribution is 2.28. The van der Waals surface area contributed by atoms with Crippen LogP contribution in [0.4, 0.5) is 55.3 Å². The maximum Gasteiger partial charge on any atom is 0.200 e. The van der Waals surface area contributed by atoms with E-state index in [-0.39, 0.29) is 32.7 Å². The van der Waals surface area contributed by atoms with Crippen LogP contribution < -0.4 is 10.6 Å². The quantitative estimate of drug-likeness (QED) is 0.190. The molecule has 0 saturated heterocycles. The largest absolute Gasteiger partial charge is 0.379 e. The third-order valence-corrected chi connectivity index (χ3v) is 5.13. The summed E-state index contributed by atoms with van der Waals surface area (Å²) in [4.78, 5) is 1.55. The second kappa shape index (κ2) is 11.5. The molecule has 0 unspecified atom stereocenters. The van der Waals surface area contributed by atoms with E-state index in [9.17, 15) is 43.9 Å². The maximum absolute atomic E-state index is 13.9. The molecule has 2 N–H and O–H groups in total. The van der Waals surface area contributed by atoms with Gasteiger partial charge >= 0.3 is 0 Å². The Bertz CT molecular complexity index is 1100. The molecular formula is C23H17F10N3. The van der Waals surface area contributed by atoms with Crippen LogP contribution in [0.5, 0.6) is 0 Å². The summed E-state index contributed by atoms with van der Waals surface area (Å²) < 4.78 is 135. The average molecular weight is 525 g/mol. The summed E-state index contributed by atoms with van der Waals surface area (Å²) >= 11 is 0. The summed E-state index contributed by atoms with van der Waals surface area (Å²) in [6.07, 6.45) is 0. The predicted molar refractivity (Wildman–Crippen MR) is 111 cm³/mol. The van der Waals surface area contributed by atoms with Gasteiger partial charge in [0.2, 0.25) is 11.6 Å². The van der Waals surface area contributed by atoms with Gasteiger partial charge in [0.05, 0.1) is 0 Å². The SMILES string of the molecule is Fc1c(F)c(F)c(NCCN(CCNc2c(F)c(F)c(F)c(F)c2F)Cc2ccccc2)c(F)c1F. The second-order valence-electron chi connectivity index (χ2n) is 7.51. The zero-order valence-corrected chi connectivity index (χ0v) is 18.1. The maximum atomic E-state index is 13.9. The van der Waals surface area contributed by atoms with Gasteiger partial charge in [-0.2, -0.15) is 0 Å². The first kappa shape index (κ1) is 27.1. The number of hydrogen-bond acceptors (Lipinski definition) is 3. The Labute approximate surface area is 198 Å². The normalized spacial score (nSPS) is 11.3. The van der Waals surface area contributed by atoms with E-state index >= 15 is 0 Å². The summed E-state index contributed by atoms with van der Waals surface area (Å²) in [5, 5.41) is 4.27. The van der Waals surface area contributed by atoms with Crippen molar-refractivity contribution in [3.63, 3.8) is 0 Å². The van der Waals surface area contributed by atoms with Crippen LogP contribution in [0.25, 0.3) is 0 Å². The summed E-state index contributed by atoms with van der Waals surface area (Å²) in [5.74, 6) is -21.3. The Kier molecular flexibility index (Phi) is 8.66. The average Bonchev–Trinajstić information content (AvgIpc) is 2.88. The van der Waals surface area contributed by atoms with E-state index in [1.807, 2.05) is 0 Å². The number of nitrogens with one attached hydrogen (secondary N) is 2. The van der Waals surface area contributed by atoms with Crippen molar-refractivity contribution in [3.05, 3.63) is 94.1 Å². The van der Waals surface area contributed by atoms with Gasteiger partial charge in [-0.1, -0.05) is 30.3 Å². The lowest BCUT2D eigenvalue weighted by atomic mass is 10.2. The molecule has 3 nitrogen and oxygen atoms in total. The highest BCUT2D eigenvalue weighted by atomic mass is 19.2. The number of halogens is 10. The lowest BCUT2D eigenvalue weighted by molar-refractivity contribution is 0.285. The fraction of sp³-hybridized carbons (Fsp3) is 0.217. The Morgan fingerprint density at radius 3 is 1.17 bits per heavy atom. The number of benzene rings is 3. The second-order valence-corrected chi connectivity index (χ2v) is 7.51. The summed E-state index contributed by atoms with van der Waals surface area (Å²) in [6, 6.07) is 8.55. The Morgan fingerprint density at radius 1 is 0.472 bits per heavy atom. The van der Waals surface area contributed by atoms with Gasteiger partial charge in [0.25, 0.3) is 0 Å². The molecule has 0 atom stereocenters. The molecule has 3 aromatic carbocycles. The van der Waals surface area contributed by atoms with Crippen LogP contribution in [0, 0.1) is 58.2 Å². The minimum Gasteiger partial charge on any atom is -0.379 e. The van der Waals surface area contributed by atoms with E-state index < -0.39 is 69.5 Å².